The summed E-state index contributed by atoms with van der Waals surface area (Å²) in [6.45, 7) is -0.189. The highest BCUT2D eigenvalue weighted by atomic mass is 32.2. The van der Waals surface area contributed by atoms with E-state index in [9.17, 15) is 13.2 Å². The van der Waals surface area contributed by atoms with Crippen LogP contribution in [0.3, 0.4) is 0 Å². The number of rotatable bonds is 5. The van der Waals surface area contributed by atoms with Gasteiger partial charge in [0.25, 0.3) is 0 Å². The molecule has 0 aliphatic rings. The van der Waals surface area contributed by atoms with Crippen molar-refractivity contribution < 1.29 is 23.5 Å². The van der Waals surface area contributed by atoms with Gasteiger partial charge in [0, 0.05) is 13.6 Å². The highest BCUT2D eigenvalue weighted by Crippen LogP contribution is 1.93. The third-order valence-corrected chi connectivity index (χ3v) is 2.40. The molecule has 12 heavy (non-hydrogen) atoms. The molecule has 0 aromatic rings. The fourth-order valence-corrected chi connectivity index (χ4v) is 0.914. The first kappa shape index (κ1) is 11.3. The second-order valence-corrected chi connectivity index (χ2v) is 3.82. The van der Waals surface area contributed by atoms with Crippen molar-refractivity contribution in [2.75, 3.05) is 13.6 Å². The van der Waals surface area contributed by atoms with Crippen LogP contribution in [0, 0.1) is 0 Å². The third kappa shape index (κ3) is 3.62. The van der Waals surface area contributed by atoms with E-state index in [2.05, 4.69) is 0 Å². The normalized spacial score (nSPS) is 11.9. The van der Waals surface area contributed by atoms with E-state index in [4.69, 9.17) is 10.3 Å². The fraction of sp³-hybridized carbons (Fsp3) is 0.750. The van der Waals surface area contributed by atoms with Crippen LogP contribution in [0.15, 0.2) is 0 Å². The van der Waals surface area contributed by atoms with Crippen molar-refractivity contribution in [2.24, 2.45) is 0 Å². The van der Waals surface area contributed by atoms with Gasteiger partial charge in [0.05, 0.1) is 6.42 Å². The van der Waals surface area contributed by atoms with E-state index < -0.39 is 16.2 Å². The van der Waals surface area contributed by atoms with Gasteiger partial charge in [0.2, 0.25) is 0 Å². The Morgan fingerprint density at radius 3 is 2.42 bits per heavy atom. The fourth-order valence-electron chi connectivity index (χ4n) is 0.443. The molecule has 0 aliphatic heterocycles. The zero-order chi connectivity index (χ0) is 9.78. The molecule has 8 heteroatoms. The van der Waals surface area contributed by atoms with E-state index in [1.807, 2.05) is 0 Å². The van der Waals surface area contributed by atoms with Crippen LogP contribution in [0.1, 0.15) is 6.42 Å². The van der Waals surface area contributed by atoms with E-state index in [0.29, 0.717) is 4.31 Å². The Morgan fingerprint density at radius 1 is 1.58 bits per heavy atom. The molecule has 0 fully saturated rings. The number of hydrogen-bond donors (Lipinski definition) is 3. The van der Waals surface area contributed by atoms with Crippen LogP contribution in [0.2, 0.25) is 0 Å². The minimum Gasteiger partial charge on any atom is -0.481 e. The minimum atomic E-state index is -3.92. The van der Waals surface area contributed by atoms with E-state index in [0.717, 1.165) is 11.9 Å². The predicted molar refractivity (Wildman–Crippen MR) is 38.7 cm³/mol. The first-order valence-corrected chi connectivity index (χ1v) is 4.43. The predicted octanol–water partition coefficient (Wildman–Crippen LogP) is -1.38. The molecule has 0 amide bonds. The van der Waals surface area contributed by atoms with Gasteiger partial charge in [-0.05, 0) is 0 Å². The highest BCUT2D eigenvalue weighted by molar-refractivity contribution is 7.86. The number of hydrogen-bond acceptors (Lipinski definition) is 4. The van der Waals surface area contributed by atoms with Gasteiger partial charge < -0.3 is 10.3 Å². The molecule has 0 bridgehead atoms. The molecule has 0 aliphatic carbocycles. The summed E-state index contributed by atoms with van der Waals surface area (Å²) in [7, 11) is -2.76. The number of carboxylic acids is 1. The van der Waals surface area contributed by atoms with Crippen LogP contribution >= 0.6 is 0 Å². The SMILES string of the molecule is CN(CCC(=O)O)S(=O)(=O)NO. The molecular weight excluding hydrogens is 188 g/mol. The van der Waals surface area contributed by atoms with Crippen molar-refractivity contribution in [3.05, 3.63) is 0 Å². The Hall–Kier alpha value is -0.700. The van der Waals surface area contributed by atoms with Crippen LogP contribution in [0.4, 0.5) is 0 Å². The van der Waals surface area contributed by atoms with E-state index in [-0.39, 0.29) is 13.0 Å². The van der Waals surface area contributed by atoms with Crippen LogP contribution in [-0.4, -0.2) is 42.6 Å². The van der Waals surface area contributed by atoms with Crippen molar-refractivity contribution in [2.45, 2.75) is 6.42 Å². The zero-order valence-electron chi connectivity index (χ0n) is 6.39. The van der Waals surface area contributed by atoms with Gasteiger partial charge in [-0.1, -0.05) is 4.89 Å². The zero-order valence-corrected chi connectivity index (χ0v) is 7.21. The molecule has 0 radical (unpaired) electrons. The van der Waals surface area contributed by atoms with Crippen LogP contribution in [-0.2, 0) is 15.0 Å². The van der Waals surface area contributed by atoms with Gasteiger partial charge in [-0.15, -0.1) is 0 Å². The highest BCUT2D eigenvalue weighted by Gasteiger charge is 2.16. The summed E-state index contributed by atoms with van der Waals surface area (Å²) >= 11 is 0. The minimum absolute atomic E-state index is 0.189. The van der Waals surface area contributed by atoms with E-state index >= 15 is 0 Å². The maximum absolute atomic E-state index is 10.7. The Labute approximate surface area is 69.7 Å². The maximum Gasteiger partial charge on any atom is 0.304 e. The smallest absolute Gasteiger partial charge is 0.304 e. The van der Waals surface area contributed by atoms with Crippen LogP contribution in [0.25, 0.3) is 0 Å². The van der Waals surface area contributed by atoms with E-state index in [1.54, 1.807) is 0 Å². The van der Waals surface area contributed by atoms with Crippen molar-refractivity contribution in [1.29, 1.82) is 0 Å². The molecule has 0 unspecified atom stereocenters. The number of carbonyl (C=O) groups is 1. The summed E-state index contributed by atoms with van der Waals surface area (Å²) in [4.78, 5) is 11.1. The van der Waals surface area contributed by atoms with E-state index in [1.165, 1.54) is 0 Å². The Balaban J connectivity index is 4.05. The Bertz CT molecular complexity index is 248. The summed E-state index contributed by atoms with van der Waals surface area (Å²) in [6.07, 6.45) is -0.308. The number of aliphatic carboxylic acids is 1. The van der Waals surface area contributed by atoms with Gasteiger partial charge in [-0.2, -0.15) is 12.7 Å². The summed E-state index contributed by atoms with van der Waals surface area (Å²) in [6, 6.07) is 0. The summed E-state index contributed by atoms with van der Waals surface area (Å²) in [5, 5.41) is 16.3. The number of nitrogens with one attached hydrogen (secondary N) is 1. The summed E-state index contributed by atoms with van der Waals surface area (Å²) in [5.74, 6) is -1.10. The van der Waals surface area contributed by atoms with Crippen LogP contribution in [0.5, 0.6) is 0 Å². The van der Waals surface area contributed by atoms with Gasteiger partial charge in [-0.25, -0.2) is 0 Å². The van der Waals surface area contributed by atoms with Crippen molar-refractivity contribution in [1.82, 2.24) is 9.19 Å². The molecule has 72 valence electrons. The average molecular weight is 198 g/mol. The molecule has 7 nitrogen and oxygen atoms in total. The number of nitrogens with zero attached hydrogens (tertiary/aromatic N) is 1. The van der Waals surface area contributed by atoms with Crippen molar-refractivity contribution in [3.8, 4) is 0 Å². The number of carboxylic acid groups (broad SMARTS) is 1. The standard InChI is InChI=1S/C4H10N2O5S/c1-6(3-2-4(7)8)12(10,11)5-9/h5,9H,2-3H2,1H3,(H,7,8). The first-order chi connectivity index (χ1) is 5.40. The van der Waals surface area contributed by atoms with Crippen molar-refractivity contribution >= 4 is 16.2 Å². The molecule has 0 heterocycles. The Kier molecular flexibility index (Phi) is 4.10. The lowest BCUT2D eigenvalue weighted by molar-refractivity contribution is -0.137. The third-order valence-electron chi connectivity index (χ3n) is 1.17. The molecule has 0 spiro atoms. The summed E-state index contributed by atoms with van der Waals surface area (Å²) in [5.41, 5.74) is 0. The topological polar surface area (TPSA) is 107 Å². The molecule has 0 saturated heterocycles. The summed E-state index contributed by atoms with van der Waals surface area (Å²) < 4.78 is 22.1. The lowest BCUT2D eigenvalue weighted by Crippen LogP contribution is -2.37. The lowest BCUT2D eigenvalue weighted by Gasteiger charge is -2.13. The monoisotopic (exact) mass is 198 g/mol. The molecule has 0 rings (SSSR count). The second kappa shape index (κ2) is 4.36. The second-order valence-electron chi connectivity index (χ2n) is 2.06. The van der Waals surface area contributed by atoms with Crippen LogP contribution < -0.4 is 4.89 Å². The van der Waals surface area contributed by atoms with Gasteiger partial charge in [-0.3, -0.25) is 4.79 Å². The molecule has 0 atom stereocenters. The molecule has 0 saturated carbocycles. The van der Waals surface area contributed by atoms with Gasteiger partial charge in [0.15, 0.2) is 0 Å². The molecule has 0 aromatic carbocycles. The quantitative estimate of drug-likeness (QED) is 0.472. The first-order valence-electron chi connectivity index (χ1n) is 2.99. The van der Waals surface area contributed by atoms with Gasteiger partial charge in [0.1, 0.15) is 0 Å². The largest absolute Gasteiger partial charge is 0.481 e. The lowest BCUT2D eigenvalue weighted by atomic mass is 10.4. The molecule has 3 N–H and O–H groups in total. The average Bonchev–Trinajstić information content (AvgIpc) is 2.00. The maximum atomic E-state index is 10.7. The Morgan fingerprint density at radius 2 is 2.08 bits per heavy atom. The molecular formula is C4H10N2O5S. The van der Waals surface area contributed by atoms with Crippen molar-refractivity contribution in [3.63, 3.8) is 0 Å². The molecule has 0 aromatic heterocycles. The van der Waals surface area contributed by atoms with Gasteiger partial charge >= 0.3 is 16.2 Å².